The minimum atomic E-state index is -1.11. The molecule has 1 aromatic rings. The first-order chi connectivity index (χ1) is 12.2. The van der Waals surface area contributed by atoms with E-state index in [-0.39, 0.29) is 18.3 Å². The molecule has 0 saturated heterocycles. The molecular formula is C17H29N5O4. The van der Waals surface area contributed by atoms with E-state index in [9.17, 15) is 19.5 Å². The second-order valence-electron chi connectivity index (χ2n) is 6.82. The average molecular weight is 367 g/mol. The van der Waals surface area contributed by atoms with Gasteiger partial charge in [-0.1, -0.05) is 34.1 Å². The van der Waals surface area contributed by atoms with Gasteiger partial charge in [0.2, 0.25) is 11.8 Å². The van der Waals surface area contributed by atoms with Crippen LogP contribution in [0, 0.1) is 11.8 Å². The molecule has 1 rings (SSSR count). The molecule has 0 aliphatic rings. The molecule has 0 spiro atoms. The lowest BCUT2D eigenvalue weighted by Crippen LogP contribution is -2.57. The zero-order chi connectivity index (χ0) is 19.9. The number of nitrogens with two attached hydrogens (primary N) is 1. The van der Waals surface area contributed by atoms with E-state index in [4.69, 9.17) is 5.73 Å². The Morgan fingerprint density at radius 3 is 2.35 bits per heavy atom. The summed E-state index contributed by atoms with van der Waals surface area (Å²) in [4.78, 5) is 43.2. The molecule has 0 radical (unpaired) electrons. The highest BCUT2D eigenvalue weighted by Gasteiger charge is 2.31. The van der Waals surface area contributed by atoms with E-state index < -0.39 is 35.9 Å². The van der Waals surface area contributed by atoms with Crippen molar-refractivity contribution in [3.8, 4) is 0 Å². The largest absolute Gasteiger partial charge is 0.480 e. The van der Waals surface area contributed by atoms with Gasteiger partial charge in [0.1, 0.15) is 12.1 Å². The predicted octanol–water partition coefficient (Wildman–Crippen LogP) is 0.0358. The molecule has 0 unspecified atom stereocenters. The Morgan fingerprint density at radius 2 is 1.88 bits per heavy atom. The van der Waals surface area contributed by atoms with Crippen LogP contribution in [0.1, 0.15) is 39.8 Å². The fraction of sp³-hybridized carbons (Fsp3) is 0.647. The lowest BCUT2D eigenvalue weighted by Gasteiger charge is -2.25. The Hall–Kier alpha value is -2.42. The second-order valence-corrected chi connectivity index (χ2v) is 6.82. The minimum Gasteiger partial charge on any atom is -0.480 e. The maximum Gasteiger partial charge on any atom is 0.326 e. The van der Waals surface area contributed by atoms with Crippen LogP contribution in [0.2, 0.25) is 0 Å². The molecular weight excluding hydrogens is 338 g/mol. The molecule has 2 amide bonds. The van der Waals surface area contributed by atoms with Crippen LogP contribution in [-0.4, -0.2) is 51.0 Å². The summed E-state index contributed by atoms with van der Waals surface area (Å²) < 4.78 is 0. The molecule has 9 nitrogen and oxygen atoms in total. The quantitative estimate of drug-likeness (QED) is 0.394. The van der Waals surface area contributed by atoms with Gasteiger partial charge in [0.15, 0.2) is 0 Å². The molecule has 1 aromatic heterocycles. The molecule has 0 saturated carbocycles. The highest BCUT2D eigenvalue weighted by atomic mass is 16.4. The molecule has 4 atom stereocenters. The summed E-state index contributed by atoms with van der Waals surface area (Å²) in [5.41, 5.74) is 6.48. The summed E-state index contributed by atoms with van der Waals surface area (Å²) >= 11 is 0. The van der Waals surface area contributed by atoms with E-state index in [1.807, 2.05) is 6.92 Å². The minimum absolute atomic E-state index is 0.0993. The van der Waals surface area contributed by atoms with Crippen LogP contribution in [-0.2, 0) is 20.8 Å². The van der Waals surface area contributed by atoms with Gasteiger partial charge in [-0.05, 0) is 11.8 Å². The molecule has 0 fully saturated rings. The number of aromatic amines is 1. The second kappa shape index (κ2) is 9.91. The van der Waals surface area contributed by atoms with Crippen molar-refractivity contribution in [2.45, 2.75) is 58.7 Å². The molecule has 26 heavy (non-hydrogen) atoms. The third-order valence-electron chi connectivity index (χ3n) is 4.41. The van der Waals surface area contributed by atoms with Gasteiger partial charge in [0, 0.05) is 18.3 Å². The van der Waals surface area contributed by atoms with Crippen LogP contribution in [0.4, 0.5) is 0 Å². The van der Waals surface area contributed by atoms with Crippen molar-refractivity contribution in [2.75, 3.05) is 0 Å². The maximum atomic E-state index is 12.7. The van der Waals surface area contributed by atoms with Gasteiger partial charge in [-0.15, -0.1) is 0 Å². The van der Waals surface area contributed by atoms with Crippen molar-refractivity contribution in [1.29, 1.82) is 0 Å². The molecule has 0 bridgehead atoms. The van der Waals surface area contributed by atoms with E-state index in [0.717, 1.165) is 0 Å². The normalized spacial score (nSPS) is 15.8. The van der Waals surface area contributed by atoms with Gasteiger partial charge in [-0.2, -0.15) is 0 Å². The fourth-order valence-corrected chi connectivity index (χ4v) is 2.33. The summed E-state index contributed by atoms with van der Waals surface area (Å²) in [7, 11) is 0. The first-order valence-corrected chi connectivity index (χ1v) is 8.73. The Morgan fingerprint density at radius 1 is 1.23 bits per heavy atom. The van der Waals surface area contributed by atoms with Gasteiger partial charge in [-0.3, -0.25) is 9.59 Å². The van der Waals surface area contributed by atoms with Crippen molar-refractivity contribution < 1.29 is 19.5 Å². The number of hydrogen-bond acceptors (Lipinski definition) is 5. The molecule has 1 heterocycles. The van der Waals surface area contributed by atoms with Crippen molar-refractivity contribution in [1.82, 2.24) is 20.6 Å². The number of carboxylic acid groups (broad SMARTS) is 1. The highest BCUT2D eigenvalue weighted by molar-refractivity contribution is 5.92. The number of carbonyl (C=O) groups excluding carboxylic acids is 2. The number of imidazole rings is 1. The zero-order valence-electron chi connectivity index (χ0n) is 15.7. The first kappa shape index (κ1) is 21.6. The summed E-state index contributed by atoms with van der Waals surface area (Å²) in [6.07, 6.45) is 3.74. The van der Waals surface area contributed by atoms with E-state index in [1.54, 1.807) is 20.8 Å². The van der Waals surface area contributed by atoms with E-state index in [2.05, 4.69) is 20.6 Å². The predicted molar refractivity (Wildman–Crippen MR) is 96.1 cm³/mol. The van der Waals surface area contributed by atoms with Gasteiger partial charge in [0.25, 0.3) is 0 Å². The van der Waals surface area contributed by atoms with E-state index >= 15 is 0 Å². The summed E-state index contributed by atoms with van der Waals surface area (Å²) in [5.74, 6) is -2.50. The van der Waals surface area contributed by atoms with E-state index in [1.165, 1.54) is 12.5 Å². The van der Waals surface area contributed by atoms with Crippen LogP contribution in [0.5, 0.6) is 0 Å². The van der Waals surface area contributed by atoms with Crippen molar-refractivity contribution in [3.05, 3.63) is 18.2 Å². The molecule has 146 valence electrons. The Kier molecular flexibility index (Phi) is 8.24. The van der Waals surface area contributed by atoms with Crippen molar-refractivity contribution in [3.63, 3.8) is 0 Å². The summed E-state index contributed by atoms with van der Waals surface area (Å²) in [6.45, 7) is 7.20. The monoisotopic (exact) mass is 367 g/mol. The van der Waals surface area contributed by atoms with Gasteiger partial charge >= 0.3 is 5.97 Å². The van der Waals surface area contributed by atoms with Crippen molar-refractivity contribution in [2.24, 2.45) is 17.6 Å². The Bertz CT molecular complexity index is 602. The molecule has 0 aliphatic carbocycles. The number of nitrogens with one attached hydrogen (secondary N) is 3. The van der Waals surface area contributed by atoms with E-state index in [0.29, 0.717) is 12.1 Å². The number of amides is 2. The maximum absolute atomic E-state index is 12.7. The fourth-order valence-electron chi connectivity index (χ4n) is 2.33. The third-order valence-corrected chi connectivity index (χ3v) is 4.41. The third kappa shape index (κ3) is 6.14. The summed E-state index contributed by atoms with van der Waals surface area (Å²) in [5, 5.41) is 14.5. The molecule has 9 heteroatoms. The topological polar surface area (TPSA) is 150 Å². The lowest BCUT2D eigenvalue weighted by molar-refractivity contribution is -0.143. The number of carboxylic acids is 1. The number of aliphatic carboxylic acids is 1. The summed E-state index contributed by atoms with van der Waals surface area (Å²) in [6, 6.07) is -2.76. The molecule has 0 aromatic carbocycles. The lowest BCUT2D eigenvalue weighted by atomic mass is 9.98. The Labute approximate surface area is 153 Å². The van der Waals surface area contributed by atoms with Crippen LogP contribution in [0.3, 0.4) is 0 Å². The number of hydrogen-bond donors (Lipinski definition) is 5. The zero-order valence-corrected chi connectivity index (χ0v) is 15.7. The number of rotatable bonds is 10. The van der Waals surface area contributed by atoms with Gasteiger partial charge in [-0.25, -0.2) is 9.78 Å². The van der Waals surface area contributed by atoms with Gasteiger partial charge in [0.05, 0.1) is 12.4 Å². The number of aromatic nitrogens is 2. The van der Waals surface area contributed by atoms with Crippen LogP contribution in [0.25, 0.3) is 0 Å². The standard InChI is InChI=1S/C17H29N5O4/c1-5-10(4)14(17(25)26)22-15(23)12(6-11-7-19-8-20-11)21-16(24)13(18)9(2)3/h7-10,12-14H,5-6,18H2,1-4H3,(H,19,20)(H,21,24)(H,22,23)(H,25,26)/t10-,12-,13-,14-/m0/s1. The SMILES string of the molecule is CC[C@H](C)[C@H](NC(=O)[C@H](Cc1cnc[nH]1)NC(=O)[C@@H](N)C(C)C)C(=O)O. The van der Waals surface area contributed by atoms with Crippen LogP contribution < -0.4 is 16.4 Å². The Balaban J connectivity index is 2.93. The van der Waals surface area contributed by atoms with Crippen molar-refractivity contribution >= 4 is 17.8 Å². The van der Waals surface area contributed by atoms with Crippen LogP contribution in [0.15, 0.2) is 12.5 Å². The number of H-pyrrole nitrogens is 1. The van der Waals surface area contributed by atoms with Crippen LogP contribution >= 0.6 is 0 Å². The first-order valence-electron chi connectivity index (χ1n) is 8.73. The number of nitrogens with zero attached hydrogens (tertiary/aromatic N) is 1. The number of carbonyl (C=O) groups is 3. The molecule has 6 N–H and O–H groups in total. The average Bonchev–Trinajstić information content (AvgIpc) is 3.09. The van der Waals surface area contributed by atoms with Gasteiger partial charge < -0.3 is 26.5 Å². The molecule has 0 aliphatic heterocycles. The highest BCUT2D eigenvalue weighted by Crippen LogP contribution is 2.09. The smallest absolute Gasteiger partial charge is 0.326 e.